The number of allylic oxidation sites excluding steroid dienone is 2. The highest BCUT2D eigenvalue weighted by Gasteiger charge is 2.35. The number of nitrogens with one attached hydrogen (secondary N) is 1. The summed E-state index contributed by atoms with van der Waals surface area (Å²) in [6.45, 7) is 3.19. The fourth-order valence-corrected chi connectivity index (χ4v) is 5.26. The van der Waals surface area contributed by atoms with Crippen molar-refractivity contribution in [2.24, 2.45) is 5.92 Å². The molecule has 0 bridgehead atoms. The van der Waals surface area contributed by atoms with E-state index in [2.05, 4.69) is 24.4 Å². The summed E-state index contributed by atoms with van der Waals surface area (Å²) in [6.07, 6.45) is 22.0. The topological polar surface area (TPSA) is 64.6 Å². The summed E-state index contributed by atoms with van der Waals surface area (Å²) in [7, 11) is -1.47. The Hall–Kier alpha value is -0.640. The highest BCUT2D eigenvalue weighted by molar-refractivity contribution is 7.54. The average molecular weight is 430 g/mol. The zero-order valence-corrected chi connectivity index (χ0v) is 19.7. The minimum atomic E-state index is -2.88. The Morgan fingerprint density at radius 2 is 1.59 bits per heavy atom. The first-order valence-corrected chi connectivity index (χ1v) is 13.5. The van der Waals surface area contributed by atoms with Gasteiger partial charge < -0.3 is 14.4 Å². The molecule has 6 heteroatoms. The van der Waals surface area contributed by atoms with Crippen LogP contribution >= 0.6 is 7.60 Å². The van der Waals surface area contributed by atoms with Crippen molar-refractivity contribution < 1.29 is 18.4 Å². The number of amides is 1. The molecular formula is C23H44NO4P. The second-order valence-corrected chi connectivity index (χ2v) is 10.5. The second-order valence-electron chi connectivity index (χ2n) is 8.28. The van der Waals surface area contributed by atoms with Gasteiger partial charge in [-0.15, -0.1) is 0 Å². The minimum Gasteiger partial charge on any atom is -0.356 e. The lowest BCUT2D eigenvalue weighted by molar-refractivity contribution is -0.121. The second kappa shape index (κ2) is 17.1. The molecule has 2 unspecified atom stereocenters. The van der Waals surface area contributed by atoms with Gasteiger partial charge in [-0.05, 0) is 32.1 Å². The van der Waals surface area contributed by atoms with Crippen molar-refractivity contribution in [2.75, 3.05) is 26.4 Å². The summed E-state index contributed by atoms with van der Waals surface area (Å²) < 4.78 is 22.0. The third-order valence-corrected chi connectivity index (χ3v) is 7.58. The van der Waals surface area contributed by atoms with E-state index in [9.17, 15) is 9.36 Å². The molecule has 1 rings (SSSR count). The molecule has 170 valence electrons. The molecule has 1 N–H and O–H groups in total. The van der Waals surface area contributed by atoms with Crippen LogP contribution < -0.4 is 5.32 Å². The van der Waals surface area contributed by atoms with Gasteiger partial charge in [-0.1, -0.05) is 70.4 Å². The molecule has 0 aromatic rings. The molecule has 1 heterocycles. The highest BCUT2D eigenvalue weighted by atomic mass is 31.2. The predicted molar refractivity (Wildman–Crippen MR) is 121 cm³/mol. The van der Waals surface area contributed by atoms with Gasteiger partial charge in [0.25, 0.3) is 0 Å². The van der Waals surface area contributed by atoms with E-state index >= 15 is 0 Å². The van der Waals surface area contributed by atoms with E-state index in [1.165, 1.54) is 77.7 Å². The van der Waals surface area contributed by atoms with Crippen LogP contribution in [-0.2, 0) is 18.4 Å². The number of hydrogen-bond acceptors (Lipinski definition) is 4. The van der Waals surface area contributed by atoms with Crippen LogP contribution in [0.1, 0.15) is 96.8 Å². The molecule has 1 saturated heterocycles. The monoisotopic (exact) mass is 429 g/mol. The Kier molecular flexibility index (Phi) is 15.5. The van der Waals surface area contributed by atoms with Crippen molar-refractivity contribution in [3.63, 3.8) is 0 Å². The maximum atomic E-state index is 11.9. The smallest absolute Gasteiger partial charge is 0.330 e. The molecule has 0 aliphatic carbocycles. The molecule has 0 aromatic carbocycles. The van der Waals surface area contributed by atoms with E-state index in [4.69, 9.17) is 9.05 Å². The highest BCUT2D eigenvalue weighted by Crippen LogP contribution is 2.53. The Labute approximate surface area is 178 Å². The Balaban J connectivity index is 1.84. The summed E-state index contributed by atoms with van der Waals surface area (Å²) in [5, 5.41) is 2.93. The van der Waals surface area contributed by atoms with Gasteiger partial charge in [0.2, 0.25) is 5.91 Å². The van der Waals surface area contributed by atoms with E-state index in [0.717, 1.165) is 12.8 Å². The molecule has 5 nitrogen and oxygen atoms in total. The van der Waals surface area contributed by atoms with Crippen molar-refractivity contribution in [3.05, 3.63) is 12.2 Å². The Bertz CT molecular complexity index is 495. The number of carbonyl (C=O) groups excluding carboxylic acids is 1. The third-order valence-electron chi connectivity index (χ3n) is 5.52. The van der Waals surface area contributed by atoms with E-state index in [-0.39, 0.29) is 11.8 Å². The van der Waals surface area contributed by atoms with Crippen LogP contribution in [0.4, 0.5) is 0 Å². The molecule has 0 spiro atoms. The van der Waals surface area contributed by atoms with Gasteiger partial charge in [-0.2, -0.15) is 0 Å². The lowest BCUT2D eigenvalue weighted by atomic mass is 10.1. The molecule has 0 aromatic heterocycles. The fraction of sp³-hybridized carbons (Fsp3) is 0.870. The van der Waals surface area contributed by atoms with E-state index < -0.39 is 7.60 Å². The summed E-state index contributed by atoms with van der Waals surface area (Å²) in [4.78, 5) is 11.9. The minimum absolute atomic E-state index is 0.0850. The first-order chi connectivity index (χ1) is 14.1. The third kappa shape index (κ3) is 14.1. The van der Waals surface area contributed by atoms with Crippen LogP contribution in [0.2, 0.25) is 0 Å². The van der Waals surface area contributed by atoms with Crippen LogP contribution in [0, 0.1) is 5.92 Å². The summed E-state index contributed by atoms with van der Waals surface area (Å²) in [6, 6.07) is 0. The standard InChI is InChI=1S/C23H44NO4P/c1-3-4-5-6-7-8-9-10-11-12-13-14-15-16-17-18-23(25)24-19-22-20-28-29(26,21-22)27-2/h10-11,22H,3-9,12-21H2,1-2H3,(H,24,25)/b11-10-. The molecule has 0 radical (unpaired) electrons. The van der Waals surface area contributed by atoms with Crippen LogP contribution in [0.25, 0.3) is 0 Å². The Morgan fingerprint density at radius 3 is 2.17 bits per heavy atom. The molecule has 1 aliphatic heterocycles. The molecular weight excluding hydrogens is 385 g/mol. The SMILES string of the molecule is CCCCCCCC/C=C\CCCCCCCC(=O)NCC1COP(=O)(OC)C1. The van der Waals surface area contributed by atoms with Crippen LogP contribution in [0.5, 0.6) is 0 Å². The fourth-order valence-electron chi connectivity index (χ4n) is 3.59. The lowest BCUT2D eigenvalue weighted by Crippen LogP contribution is -2.30. The van der Waals surface area contributed by atoms with Gasteiger partial charge in [0, 0.05) is 26.0 Å². The van der Waals surface area contributed by atoms with Crippen LogP contribution in [0.3, 0.4) is 0 Å². The number of unbranched alkanes of at least 4 members (excludes halogenated alkanes) is 11. The molecule has 0 saturated carbocycles. The van der Waals surface area contributed by atoms with Gasteiger partial charge in [0.1, 0.15) is 0 Å². The van der Waals surface area contributed by atoms with Gasteiger partial charge in [0.15, 0.2) is 0 Å². The first kappa shape index (κ1) is 26.4. The van der Waals surface area contributed by atoms with Crippen molar-refractivity contribution in [1.29, 1.82) is 0 Å². The summed E-state index contributed by atoms with van der Waals surface area (Å²) in [5.74, 6) is 0.181. The number of rotatable bonds is 18. The normalized spacial score (nSPS) is 21.8. The molecule has 1 aliphatic rings. The molecule has 29 heavy (non-hydrogen) atoms. The molecule has 1 fully saturated rings. The largest absolute Gasteiger partial charge is 0.356 e. The summed E-state index contributed by atoms with van der Waals surface area (Å²) in [5.41, 5.74) is 0. The molecule has 2 atom stereocenters. The maximum Gasteiger partial charge on any atom is 0.330 e. The lowest BCUT2D eigenvalue weighted by Gasteiger charge is -2.09. The average Bonchev–Trinajstić information content (AvgIpc) is 3.11. The van der Waals surface area contributed by atoms with Gasteiger partial charge in [-0.3, -0.25) is 9.36 Å². The van der Waals surface area contributed by atoms with Crippen molar-refractivity contribution in [3.8, 4) is 0 Å². The van der Waals surface area contributed by atoms with Crippen molar-refractivity contribution >= 4 is 13.5 Å². The van der Waals surface area contributed by atoms with Gasteiger partial charge in [-0.25, -0.2) is 0 Å². The summed E-state index contributed by atoms with van der Waals surface area (Å²) >= 11 is 0. The maximum absolute atomic E-state index is 11.9. The number of carbonyl (C=O) groups is 1. The Morgan fingerprint density at radius 1 is 1.00 bits per heavy atom. The van der Waals surface area contributed by atoms with Crippen molar-refractivity contribution in [1.82, 2.24) is 5.32 Å². The molecule has 1 amide bonds. The first-order valence-electron chi connectivity index (χ1n) is 11.8. The van der Waals surface area contributed by atoms with Crippen LogP contribution in [0.15, 0.2) is 12.2 Å². The van der Waals surface area contributed by atoms with Gasteiger partial charge >= 0.3 is 7.60 Å². The zero-order chi connectivity index (χ0) is 21.2. The zero-order valence-electron chi connectivity index (χ0n) is 18.8. The quantitative estimate of drug-likeness (QED) is 0.151. The van der Waals surface area contributed by atoms with E-state index in [1.54, 1.807) is 0 Å². The van der Waals surface area contributed by atoms with E-state index in [1.807, 2.05) is 0 Å². The van der Waals surface area contributed by atoms with E-state index in [0.29, 0.717) is 25.7 Å². The number of hydrogen-bond donors (Lipinski definition) is 1. The predicted octanol–water partition coefficient (Wildman–Crippen LogP) is 6.63. The van der Waals surface area contributed by atoms with Crippen LogP contribution in [-0.4, -0.2) is 32.3 Å². The van der Waals surface area contributed by atoms with Crippen molar-refractivity contribution in [2.45, 2.75) is 96.8 Å². The van der Waals surface area contributed by atoms with Gasteiger partial charge in [0.05, 0.1) is 12.8 Å².